The number of nitrogens with zero attached hydrogens (tertiary/aromatic N) is 2. The van der Waals surface area contributed by atoms with Crippen molar-refractivity contribution >= 4 is 0 Å². The average Bonchev–Trinajstić information content (AvgIpc) is 1.96. The van der Waals surface area contributed by atoms with Crippen molar-refractivity contribution in [3.05, 3.63) is 24.4 Å². The van der Waals surface area contributed by atoms with Crippen molar-refractivity contribution in [2.45, 2.75) is 20.3 Å². The van der Waals surface area contributed by atoms with Gasteiger partial charge in [0.2, 0.25) is 0 Å². The molecule has 0 atom stereocenters. The van der Waals surface area contributed by atoms with Crippen molar-refractivity contribution in [1.82, 2.24) is 0 Å². The van der Waals surface area contributed by atoms with E-state index >= 15 is 0 Å². The van der Waals surface area contributed by atoms with E-state index in [0.717, 1.165) is 12.3 Å². The van der Waals surface area contributed by atoms with Gasteiger partial charge in [-0.05, 0) is 18.4 Å². The monoisotopic (exact) mass is 152 g/mol. The fourth-order valence-corrected chi connectivity index (χ4v) is 0.584. The van der Waals surface area contributed by atoms with Crippen molar-refractivity contribution < 1.29 is 0 Å². The number of hydrogen-bond acceptors (Lipinski definition) is 2. The Bertz CT molecular complexity index is 155. The van der Waals surface area contributed by atoms with E-state index < -0.39 is 0 Å². The molecular formula is C9H16N2. The highest BCUT2D eigenvalue weighted by Crippen LogP contribution is 1.99. The number of hydrogen-bond donors (Lipinski definition) is 0. The molecule has 11 heavy (non-hydrogen) atoms. The lowest BCUT2D eigenvalue weighted by Gasteiger charge is -1.94. The third kappa shape index (κ3) is 9.08. The summed E-state index contributed by atoms with van der Waals surface area (Å²) in [5.41, 5.74) is 0. The van der Waals surface area contributed by atoms with Crippen LogP contribution >= 0.6 is 0 Å². The maximum atomic E-state index is 3.68. The van der Waals surface area contributed by atoms with Gasteiger partial charge in [0.1, 0.15) is 0 Å². The molecule has 62 valence electrons. The van der Waals surface area contributed by atoms with Crippen LogP contribution in [-0.2, 0) is 0 Å². The van der Waals surface area contributed by atoms with Gasteiger partial charge in [0.25, 0.3) is 0 Å². The third-order valence-corrected chi connectivity index (χ3v) is 1.12. The highest BCUT2D eigenvalue weighted by atomic mass is 15.1. The molecule has 0 aromatic rings. The molecule has 0 aliphatic heterocycles. The maximum absolute atomic E-state index is 3.68. The normalized spacial score (nSPS) is 13.1. The van der Waals surface area contributed by atoms with Crippen LogP contribution < -0.4 is 0 Å². The Morgan fingerprint density at radius 3 is 2.55 bits per heavy atom. The topological polar surface area (TPSA) is 24.7 Å². The van der Waals surface area contributed by atoms with Gasteiger partial charge in [-0.15, -0.1) is 0 Å². The molecule has 0 amide bonds. The molecule has 0 N–H and O–H groups in total. The molecule has 0 aromatic carbocycles. The fraction of sp³-hybridized carbons (Fsp3) is 0.556. The summed E-state index contributed by atoms with van der Waals surface area (Å²) in [6.45, 7) is 4.39. The van der Waals surface area contributed by atoms with Gasteiger partial charge in [-0.2, -0.15) is 10.2 Å². The molecule has 0 bridgehead atoms. The van der Waals surface area contributed by atoms with Gasteiger partial charge in [-0.25, -0.2) is 0 Å². The molecule has 0 aliphatic carbocycles. The second-order valence-electron chi connectivity index (χ2n) is 2.71. The molecule has 0 aliphatic rings. The van der Waals surface area contributed by atoms with Crippen molar-refractivity contribution in [2.75, 3.05) is 7.05 Å². The van der Waals surface area contributed by atoms with Crippen LogP contribution in [0.2, 0.25) is 0 Å². The molecule has 2 nitrogen and oxygen atoms in total. The Morgan fingerprint density at radius 2 is 2.00 bits per heavy atom. The molecule has 0 radical (unpaired) electrons. The largest absolute Gasteiger partial charge is 0.193 e. The van der Waals surface area contributed by atoms with E-state index in [2.05, 4.69) is 30.2 Å². The van der Waals surface area contributed by atoms with Gasteiger partial charge in [-0.3, -0.25) is 0 Å². The Labute approximate surface area is 68.7 Å². The summed E-state index contributed by atoms with van der Waals surface area (Å²) in [6, 6.07) is 0. The Kier molecular flexibility index (Phi) is 6.59. The predicted octanol–water partition coefficient (Wildman–Crippen LogP) is 3.18. The summed E-state index contributed by atoms with van der Waals surface area (Å²) in [5, 5.41) is 7.25. The van der Waals surface area contributed by atoms with E-state index in [1.807, 2.05) is 12.2 Å². The summed E-state index contributed by atoms with van der Waals surface area (Å²) in [5.74, 6) is 0.729. The summed E-state index contributed by atoms with van der Waals surface area (Å²) in [4.78, 5) is 0. The molecule has 0 aromatic heterocycles. The molecule has 2 heteroatoms. The molecule has 0 spiro atoms. The highest BCUT2D eigenvalue weighted by Gasteiger charge is 1.84. The van der Waals surface area contributed by atoms with Gasteiger partial charge in [0, 0.05) is 13.2 Å². The lowest BCUT2D eigenvalue weighted by Crippen LogP contribution is -1.80. The van der Waals surface area contributed by atoms with Crippen molar-refractivity contribution in [3.8, 4) is 0 Å². The summed E-state index contributed by atoms with van der Waals surface area (Å²) in [7, 11) is 1.65. The van der Waals surface area contributed by atoms with Crippen LogP contribution in [0.4, 0.5) is 0 Å². The van der Waals surface area contributed by atoms with Crippen LogP contribution in [0.3, 0.4) is 0 Å². The van der Waals surface area contributed by atoms with Crippen LogP contribution in [0.25, 0.3) is 0 Å². The van der Waals surface area contributed by atoms with E-state index in [0.29, 0.717) is 0 Å². The minimum absolute atomic E-state index is 0.729. The molecule has 0 fully saturated rings. The van der Waals surface area contributed by atoms with Crippen LogP contribution in [0, 0.1) is 5.92 Å². The Hall–Kier alpha value is -0.920. The van der Waals surface area contributed by atoms with Crippen LogP contribution in [0.5, 0.6) is 0 Å². The average molecular weight is 152 g/mol. The molecule has 0 unspecified atom stereocenters. The first kappa shape index (κ1) is 10.1. The van der Waals surface area contributed by atoms with Gasteiger partial charge in [0.15, 0.2) is 0 Å². The fourth-order valence-electron chi connectivity index (χ4n) is 0.584. The maximum Gasteiger partial charge on any atom is 0.0491 e. The first-order valence-electron chi connectivity index (χ1n) is 3.88. The summed E-state index contributed by atoms with van der Waals surface area (Å²) < 4.78 is 0. The van der Waals surface area contributed by atoms with Gasteiger partial charge < -0.3 is 0 Å². The lowest BCUT2D eigenvalue weighted by atomic mass is 10.1. The quantitative estimate of drug-likeness (QED) is 0.436. The van der Waals surface area contributed by atoms with E-state index in [-0.39, 0.29) is 0 Å². The Balaban J connectivity index is 3.44. The Morgan fingerprint density at radius 1 is 1.27 bits per heavy atom. The van der Waals surface area contributed by atoms with Crippen LogP contribution in [0.15, 0.2) is 34.7 Å². The standard InChI is InChI=1S/C9H16N2/c1-9(2)7-5-4-6-8-11-10-3/h4-6,8-9H,7H2,1-3H3/b5-4-,8-6-,11-10?. The van der Waals surface area contributed by atoms with E-state index in [1.54, 1.807) is 13.2 Å². The first-order chi connectivity index (χ1) is 5.27. The molecule has 0 heterocycles. The minimum Gasteiger partial charge on any atom is -0.193 e. The van der Waals surface area contributed by atoms with E-state index in [9.17, 15) is 0 Å². The zero-order chi connectivity index (χ0) is 8.53. The van der Waals surface area contributed by atoms with Crippen LogP contribution in [-0.4, -0.2) is 7.05 Å². The van der Waals surface area contributed by atoms with Crippen molar-refractivity contribution in [1.29, 1.82) is 0 Å². The van der Waals surface area contributed by atoms with Crippen molar-refractivity contribution in [3.63, 3.8) is 0 Å². The number of allylic oxidation sites excluding steroid dienone is 3. The minimum atomic E-state index is 0.729. The zero-order valence-corrected chi connectivity index (χ0v) is 7.49. The van der Waals surface area contributed by atoms with Crippen LogP contribution in [0.1, 0.15) is 20.3 Å². The van der Waals surface area contributed by atoms with Gasteiger partial charge >= 0.3 is 0 Å². The van der Waals surface area contributed by atoms with E-state index in [1.165, 1.54) is 0 Å². The highest BCUT2D eigenvalue weighted by molar-refractivity contribution is 5.01. The second-order valence-corrected chi connectivity index (χ2v) is 2.71. The van der Waals surface area contributed by atoms with Gasteiger partial charge in [-0.1, -0.05) is 26.0 Å². The predicted molar refractivity (Wildman–Crippen MR) is 48.5 cm³/mol. The van der Waals surface area contributed by atoms with Gasteiger partial charge in [0.05, 0.1) is 0 Å². The number of azo groups is 1. The first-order valence-corrected chi connectivity index (χ1v) is 3.88. The molecule has 0 rings (SSSR count). The molecule has 0 saturated heterocycles. The zero-order valence-electron chi connectivity index (χ0n) is 7.49. The lowest BCUT2D eigenvalue weighted by molar-refractivity contribution is 0.664. The summed E-state index contributed by atoms with van der Waals surface area (Å²) >= 11 is 0. The summed E-state index contributed by atoms with van der Waals surface area (Å²) in [6.07, 6.45) is 8.81. The smallest absolute Gasteiger partial charge is 0.0491 e. The third-order valence-electron chi connectivity index (χ3n) is 1.12. The van der Waals surface area contributed by atoms with E-state index in [4.69, 9.17) is 0 Å². The number of rotatable bonds is 4. The van der Waals surface area contributed by atoms with Crippen molar-refractivity contribution in [2.24, 2.45) is 16.1 Å². The molecule has 0 saturated carbocycles. The SMILES string of the molecule is CN=N/C=C\C=C/CC(C)C. The second kappa shape index (κ2) is 7.19. The molecular weight excluding hydrogens is 136 g/mol.